The monoisotopic (exact) mass is 388 g/mol. The van der Waals surface area contributed by atoms with Crippen LogP contribution in [0.4, 0.5) is 0 Å². The van der Waals surface area contributed by atoms with E-state index in [4.69, 9.17) is 0 Å². The Morgan fingerprint density at radius 2 is 1.07 bits per heavy atom. The summed E-state index contributed by atoms with van der Waals surface area (Å²) in [7, 11) is 0. The molecule has 0 amide bonds. The largest absolute Gasteiger partial charge is 0.508 e. The molecule has 0 aromatic heterocycles. The summed E-state index contributed by atoms with van der Waals surface area (Å²) < 4.78 is 0. The van der Waals surface area contributed by atoms with Crippen molar-refractivity contribution < 1.29 is 5.11 Å². The van der Waals surface area contributed by atoms with Crippen LogP contribution >= 0.6 is 0 Å². The summed E-state index contributed by atoms with van der Waals surface area (Å²) in [5.74, 6) is 1.13. The summed E-state index contributed by atoms with van der Waals surface area (Å²) in [5.41, 5.74) is 1.10. The summed E-state index contributed by atoms with van der Waals surface area (Å²) in [5, 5.41) is 9.87. The van der Waals surface area contributed by atoms with E-state index in [2.05, 4.69) is 19.9 Å². The second-order valence-electron chi connectivity index (χ2n) is 9.03. The molecular formula is C27H48O. The maximum Gasteiger partial charge on any atom is 0.118 e. The maximum atomic E-state index is 9.87. The van der Waals surface area contributed by atoms with Crippen molar-refractivity contribution in [1.82, 2.24) is 0 Å². The standard InChI is InChI=1S/C27H48O/c1-3-4-5-6-7-8-9-10-11-12-13-14-15-16-17-18-21-25(2)24-26-22-19-20-23-27(26)28/h19-20,22-23,25,28H,3-18,21,24H2,1-2H3. The summed E-state index contributed by atoms with van der Waals surface area (Å²) in [6.07, 6.45) is 25.2. The highest BCUT2D eigenvalue weighted by atomic mass is 16.3. The highest BCUT2D eigenvalue weighted by Crippen LogP contribution is 2.22. The van der Waals surface area contributed by atoms with Crippen molar-refractivity contribution in [2.45, 2.75) is 129 Å². The van der Waals surface area contributed by atoms with Crippen molar-refractivity contribution in [3.05, 3.63) is 29.8 Å². The molecule has 1 rings (SSSR count). The predicted molar refractivity (Wildman–Crippen MR) is 125 cm³/mol. The molecule has 1 heteroatoms. The molecule has 0 aliphatic carbocycles. The van der Waals surface area contributed by atoms with Gasteiger partial charge in [-0.1, -0.05) is 141 Å². The molecule has 0 bridgehead atoms. The van der Waals surface area contributed by atoms with Gasteiger partial charge in [0.2, 0.25) is 0 Å². The predicted octanol–water partition coefficient (Wildman–Crippen LogP) is 9.22. The van der Waals surface area contributed by atoms with Gasteiger partial charge in [0.15, 0.2) is 0 Å². The Kier molecular flexibility index (Phi) is 16.2. The van der Waals surface area contributed by atoms with E-state index in [0.717, 1.165) is 12.0 Å². The molecule has 1 unspecified atom stereocenters. The van der Waals surface area contributed by atoms with Gasteiger partial charge >= 0.3 is 0 Å². The number of unbranched alkanes of at least 4 members (excludes halogenated alkanes) is 15. The lowest BCUT2D eigenvalue weighted by Crippen LogP contribution is -2.00. The lowest BCUT2D eigenvalue weighted by atomic mass is 9.94. The molecule has 0 spiro atoms. The Hall–Kier alpha value is -0.980. The first-order chi connectivity index (χ1) is 13.7. The normalized spacial score (nSPS) is 12.4. The van der Waals surface area contributed by atoms with Crippen LogP contribution in [0.3, 0.4) is 0 Å². The molecule has 0 heterocycles. The second kappa shape index (κ2) is 18.1. The van der Waals surface area contributed by atoms with Crippen LogP contribution < -0.4 is 0 Å². The Labute approximate surface area is 176 Å². The van der Waals surface area contributed by atoms with Gasteiger partial charge in [0.1, 0.15) is 5.75 Å². The summed E-state index contributed by atoms with van der Waals surface area (Å²) in [6, 6.07) is 7.78. The molecule has 1 nitrogen and oxygen atoms in total. The molecule has 0 aliphatic rings. The van der Waals surface area contributed by atoms with Gasteiger partial charge in [0.25, 0.3) is 0 Å². The molecule has 0 fully saturated rings. The fourth-order valence-corrected chi connectivity index (χ4v) is 4.20. The van der Waals surface area contributed by atoms with Crippen LogP contribution in [0.2, 0.25) is 0 Å². The molecule has 28 heavy (non-hydrogen) atoms. The first-order valence-corrected chi connectivity index (χ1v) is 12.5. The van der Waals surface area contributed by atoms with Crippen molar-refractivity contribution >= 4 is 0 Å². The third-order valence-electron chi connectivity index (χ3n) is 6.11. The van der Waals surface area contributed by atoms with Gasteiger partial charge in [0, 0.05) is 0 Å². The van der Waals surface area contributed by atoms with E-state index in [0.29, 0.717) is 11.7 Å². The lowest BCUT2D eigenvalue weighted by Gasteiger charge is -2.12. The zero-order chi connectivity index (χ0) is 20.3. The van der Waals surface area contributed by atoms with E-state index in [1.165, 1.54) is 109 Å². The Bertz CT molecular complexity index is 453. The molecule has 1 aromatic rings. The summed E-state index contributed by atoms with van der Waals surface area (Å²) in [4.78, 5) is 0. The Morgan fingerprint density at radius 3 is 1.54 bits per heavy atom. The SMILES string of the molecule is CCCCCCCCCCCCCCCCCCC(C)Cc1ccccc1O. The molecular weight excluding hydrogens is 340 g/mol. The zero-order valence-electron chi connectivity index (χ0n) is 19.1. The highest BCUT2D eigenvalue weighted by Gasteiger charge is 2.06. The van der Waals surface area contributed by atoms with Crippen molar-refractivity contribution in [1.29, 1.82) is 0 Å². The van der Waals surface area contributed by atoms with Gasteiger partial charge in [0.05, 0.1) is 0 Å². The number of para-hydroxylation sites is 1. The number of aromatic hydroxyl groups is 1. The van der Waals surface area contributed by atoms with E-state index < -0.39 is 0 Å². The number of hydrogen-bond acceptors (Lipinski definition) is 1. The third-order valence-corrected chi connectivity index (χ3v) is 6.11. The quantitative estimate of drug-likeness (QED) is 0.234. The Balaban J connectivity index is 1.80. The molecule has 1 aromatic carbocycles. The molecule has 1 atom stereocenters. The van der Waals surface area contributed by atoms with Crippen LogP contribution in [0.1, 0.15) is 129 Å². The lowest BCUT2D eigenvalue weighted by molar-refractivity contribution is 0.444. The van der Waals surface area contributed by atoms with Crippen LogP contribution in [0, 0.1) is 5.92 Å². The van der Waals surface area contributed by atoms with Crippen molar-refractivity contribution in [3.63, 3.8) is 0 Å². The number of benzene rings is 1. The van der Waals surface area contributed by atoms with Gasteiger partial charge < -0.3 is 5.11 Å². The average molecular weight is 389 g/mol. The van der Waals surface area contributed by atoms with Gasteiger partial charge in [-0.3, -0.25) is 0 Å². The van der Waals surface area contributed by atoms with E-state index >= 15 is 0 Å². The zero-order valence-corrected chi connectivity index (χ0v) is 19.1. The van der Waals surface area contributed by atoms with Crippen LogP contribution in [-0.4, -0.2) is 5.11 Å². The molecule has 1 N–H and O–H groups in total. The minimum atomic E-state index is 0.460. The van der Waals surface area contributed by atoms with E-state index in [1.54, 1.807) is 6.07 Å². The fourth-order valence-electron chi connectivity index (χ4n) is 4.20. The molecule has 0 saturated carbocycles. The molecule has 0 radical (unpaired) electrons. The van der Waals surface area contributed by atoms with Gasteiger partial charge in [-0.25, -0.2) is 0 Å². The average Bonchev–Trinajstić information content (AvgIpc) is 2.69. The van der Waals surface area contributed by atoms with Crippen LogP contribution in [0.5, 0.6) is 5.75 Å². The van der Waals surface area contributed by atoms with E-state index in [-0.39, 0.29) is 0 Å². The number of hydrogen-bond donors (Lipinski definition) is 1. The van der Waals surface area contributed by atoms with E-state index in [1.807, 2.05) is 12.1 Å². The number of phenolic OH excluding ortho intramolecular Hbond substituents is 1. The van der Waals surface area contributed by atoms with Crippen LogP contribution in [-0.2, 0) is 6.42 Å². The molecule has 162 valence electrons. The molecule has 0 aliphatic heterocycles. The molecule has 0 saturated heterocycles. The van der Waals surface area contributed by atoms with Crippen molar-refractivity contribution in [2.75, 3.05) is 0 Å². The topological polar surface area (TPSA) is 20.2 Å². The highest BCUT2D eigenvalue weighted by molar-refractivity contribution is 5.31. The number of phenols is 1. The number of rotatable bonds is 19. The van der Waals surface area contributed by atoms with E-state index in [9.17, 15) is 5.11 Å². The summed E-state index contributed by atoms with van der Waals surface area (Å²) in [6.45, 7) is 4.61. The van der Waals surface area contributed by atoms with Crippen molar-refractivity contribution in [2.24, 2.45) is 5.92 Å². The van der Waals surface area contributed by atoms with Gasteiger partial charge in [-0.15, -0.1) is 0 Å². The Morgan fingerprint density at radius 1 is 0.643 bits per heavy atom. The first kappa shape index (κ1) is 25.1. The van der Waals surface area contributed by atoms with Gasteiger partial charge in [-0.05, 0) is 24.0 Å². The maximum absolute atomic E-state index is 9.87. The minimum Gasteiger partial charge on any atom is -0.508 e. The van der Waals surface area contributed by atoms with Gasteiger partial charge in [-0.2, -0.15) is 0 Å². The first-order valence-electron chi connectivity index (χ1n) is 12.5. The van der Waals surface area contributed by atoms with Crippen LogP contribution in [0.25, 0.3) is 0 Å². The van der Waals surface area contributed by atoms with Crippen molar-refractivity contribution in [3.8, 4) is 5.75 Å². The summed E-state index contributed by atoms with van der Waals surface area (Å²) >= 11 is 0. The fraction of sp³-hybridized carbons (Fsp3) is 0.778. The second-order valence-corrected chi connectivity index (χ2v) is 9.03. The smallest absolute Gasteiger partial charge is 0.118 e. The van der Waals surface area contributed by atoms with Crippen LogP contribution in [0.15, 0.2) is 24.3 Å². The third kappa shape index (κ3) is 14.1. The minimum absolute atomic E-state index is 0.460.